The van der Waals surface area contributed by atoms with Crippen LogP contribution >= 0.6 is 22.9 Å². The highest BCUT2D eigenvalue weighted by Gasteiger charge is 2.32. The Kier molecular flexibility index (Phi) is 4.82. The van der Waals surface area contributed by atoms with Gasteiger partial charge in [-0.3, -0.25) is 2.78 Å². The quantitative estimate of drug-likeness (QED) is 0.615. The van der Waals surface area contributed by atoms with Crippen molar-refractivity contribution < 1.29 is 9.53 Å². The van der Waals surface area contributed by atoms with Crippen molar-refractivity contribution in [3.05, 3.63) is 18.1 Å². The van der Waals surface area contributed by atoms with Gasteiger partial charge in [-0.05, 0) is 40.2 Å². The van der Waals surface area contributed by atoms with Crippen LogP contribution in [0.4, 0.5) is 10.6 Å². The number of rotatable bonds is 1. The van der Waals surface area contributed by atoms with Gasteiger partial charge in [0.15, 0.2) is 5.65 Å². The Morgan fingerprint density at radius 1 is 1.32 bits per heavy atom. The molecule has 1 amide bonds. The zero-order valence-electron chi connectivity index (χ0n) is 15.3. The fourth-order valence-corrected chi connectivity index (χ4v) is 3.94. The van der Waals surface area contributed by atoms with Crippen molar-refractivity contribution in [1.82, 2.24) is 17.6 Å². The van der Waals surface area contributed by atoms with Crippen LogP contribution in [0.25, 0.3) is 11.0 Å². The van der Waals surface area contributed by atoms with E-state index in [2.05, 4.69) is 50.9 Å². The van der Waals surface area contributed by atoms with E-state index in [0.29, 0.717) is 6.54 Å². The van der Waals surface area contributed by atoms with Gasteiger partial charge in [0.2, 0.25) is 0 Å². The first kappa shape index (κ1) is 18.2. The average molecular weight is 457 g/mol. The first-order valence-corrected chi connectivity index (χ1v) is 9.37. The first-order valence-electron chi connectivity index (χ1n) is 8.41. The van der Waals surface area contributed by atoms with E-state index < -0.39 is 5.60 Å². The Morgan fingerprint density at radius 2 is 2.04 bits per heavy atom. The molecule has 2 aromatic rings. The fraction of sp³-hybridized carbons (Fsp3) is 0.588. The molecule has 0 saturated carbocycles. The number of aromatic nitrogens is 3. The van der Waals surface area contributed by atoms with Gasteiger partial charge in [-0.15, -0.1) is 0 Å². The Morgan fingerprint density at radius 3 is 2.68 bits per heavy atom. The summed E-state index contributed by atoms with van der Waals surface area (Å²) in [6, 6.07) is 0.0515. The molecular weight excluding hydrogens is 433 g/mol. The second-order valence-corrected chi connectivity index (χ2v) is 8.53. The Hall–Kier alpha value is -1.58. The monoisotopic (exact) mass is 457 g/mol. The van der Waals surface area contributed by atoms with Gasteiger partial charge in [-0.25, -0.2) is 14.8 Å². The SMILES string of the molecule is Cc1cn(I)c2ncnc(N3CCN(C(=O)OC(C)(C)C)C(C)C3)c12. The van der Waals surface area contributed by atoms with E-state index in [1.165, 1.54) is 0 Å². The lowest BCUT2D eigenvalue weighted by molar-refractivity contribution is 0.0159. The molecule has 1 fully saturated rings. The van der Waals surface area contributed by atoms with Gasteiger partial charge < -0.3 is 14.5 Å². The van der Waals surface area contributed by atoms with Crippen LogP contribution in [0.5, 0.6) is 0 Å². The molecule has 0 radical (unpaired) electrons. The number of piperazine rings is 1. The molecule has 0 bridgehead atoms. The summed E-state index contributed by atoms with van der Waals surface area (Å²) in [5, 5.41) is 1.08. The summed E-state index contributed by atoms with van der Waals surface area (Å²) in [6.07, 6.45) is 3.42. The number of carbonyl (C=O) groups is 1. The zero-order chi connectivity index (χ0) is 18.4. The predicted octanol–water partition coefficient (Wildman–Crippen LogP) is 3.38. The highest BCUT2D eigenvalue weighted by Crippen LogP contribution is 2.30. The molecule has 25 heavy (non-hydrogen) atoms. The maximum absolute atomic E-state index is 12.4. The maximum atomic E-state index is 12.4. The third-order valence-electron chi connectivity index (χ3n) is 4.27. The lowest BCUT2D eigenvalue weighted by atomic mass is 10.1. The number of halogens is 1. The van der Waals surface area contributed by atoms with Crippen LogP contribution in [0.3, 0.4) is 0 Å². The lowest BCUT2D eigenvalue weighted by Gasteiger charge is -2.40. The van der Waals surface area contributed by atoms with Crippen LogP contribution in [0.2, 0.25) is 0 Å². The fourth-order valence-electron chi connectivity index (χ4n) is 3.16. The summed E-state index contributed by atoms with van der Waals surface area (Å²) in [4.78, 5) is 25.4. The average Bonchev–Trinajstić information content (AvgIpc) is 2.80. The number of anilines is 1. The number of amides is 1. The molecule has 136 valence electrons. The van der Waals surface area contributed by atoms with E-state index in [4.69, 9.17) is 4.74 Å². The van der Waals surface area contributed by atoms with Crippen molar-refractivity contribution in [1.29, 1.82) is 0 Å². The molecule has 0 N–H and O–H groups in total. The number of carbonyl (C=O) groups excluding carboxylic acids is 1. The predicted molar refractivity (Wildman–Crippen MR) is 106 cm³/mol. The number of ether oxygens (including phenoxy) is 1. The minimum atomic E-state index is -0.479. The van der Waals surface area contributed by atoms with E-state index in [9.17, 15) is 4.79 Å². The number of fused-ring (bicyclic) bond motifs is 1. The van der Waals surface area contributed by atoms with E-state index in [1.807, 2.05) is 30.5 Å². The van der Waals surface area contributed by atoms with Crippen LogP contribution in [-0.2, 0) is 4.74 Å². The molecule has 1 atom stereocenters. The molecule has 3 heterocycles. The number of nitrogens with zero attached hydrogens (tertiary/aromatic N) is 5. The van der Waals surface area contributed by atoms with E-state index >= 15 is 0 Å². The summed E-state index contributed by atoms with van der Waals surface area (Å²) in [5.41, 5.74) is 1.60. The number of aryl methyl sites for hydroxylation is 1. The highest BCUT2D eigenvalue weighted by molar-refractivity contribution is 14.1. The molecule has 0 aliphatic carbocycles. The smallest absolute Gasteiger partial charge is 0.410 e. The van der Waals surface area contributed by atoms with E-state index in [-0.39, 0.29) is 12.1 Å². The molecule has 1 saturated heterocycles. The molecule has 3 rings (SSSR count). The van der Waals surface area contributed by atoms with Gasteiger partial charge in [0.05, 0.1) is 28.3 Å². The van der Waals surface area contributed by atoms with E-state index in [0.717, 1.165) is 35.5 Å². The third-order valence-corrected chi connectivity index (χ3v) is 5.00. The van der Waals surface area contributed by atoms with Gasteiger partial charge in [0.25, 0.3) is 0 Å². The van der Waals surface area contributed by atoms with Gasteiger partial charge in [-0.2, -0.15) is 0 Å². The largest absolute Gasteiger partial charge is 0.444 e. The van der Waals surface area contributed by atoms with Gasteiger partial charge in [0.1, 0.15) is 17.7 Å². The molecule has 1 aliphatic rings. The van der Waals surface area contributed by atoms with Crippen LogP contribution in [0.15, 0.2) is 12.5 Å². The highest BCUT2D eigenvalue weighted by atomic mass is 127. The van der Waals surface area contributed by atoms with Crippen LogP contribution in [0, 0.1) is 6.92 Å². The maximum Gasteiger partial charge on any atom is 0.410 e. The molecule has 7 nitrogen and oxygen atoms in total. The Balaban J connectivity index is 1.81. The van der Waals surface area contributed by atoms with Crippen molar-refractivity contribution in [2.45, 2.75) is 46.3 Å². The zero-order valence-corrected chi connectivity index (χ0v) is 17.4. The molecule has 8 heteroatoms. The second-order valence-electron chi connectivity index (χ2n) is 7.49. The number of hydrogen-bond donors (Lipinski definition) is 0. The second kappa shape index (κ2) is 6.62. The summed E-state index contributed by atoms with van der Waals surface area (Å²) >= 11 is 2.23. The third kappa shape index (κ3) is 3.68. The summed E-state index contributed by atoms with van der Waals surface area (Å²) < 4.78 is 7.51. The minimum absolute atomic E-state index is 0.0515. The Labute approximate surface area is 161 Å². The molecule has 0 spiro atoms. The van der Waals surface area contributed by atoms with Gasteiger partial charge >= 0.3 is 6.09 Å². The number of hydrogen-bond acceptors (Lipinski definition) is 5. The topological polar surface area (TPSA) is 63.5 Å². The van der Waals surface area contributed by atoms with Gasteiger partial charge in [-0.1, -0.05) is 0 Å². The van der Waals surface area contributed by atoms with Crippen molar-refractivity contribution in [2.75, 3.05) is 24.5 Å². The summed E-state index contributed by atoms with van der Waals surface area (Å²) in [6.45, 7) is 11.8. The molecule has 0 aromatic carbocycles. The molecule has 1 aliphatic heterocycles. The van der Waals surface area contributed by atoms with Gasteiger partial charge in [0, 0.05) is 31.9 Å². The van der Waals surface area contributed by atoms with Crippen LogP contribution < -0.4 is 4.90 Å². The summed E-state index contributed by atoms with van der Waals surface area (Å²) in [7, 11) is 0. The molecular formula is C17H24IN5O2. The van der Waals surface area contributed by atoms with E-state index in [1.54, 1.807) is 11.2 Å². The Bertz CT molecular complexity index is 798. The van der Waals surface area contributed by atoms with Crippen molar-refractivity contribution >= 4 is 45.8 Å². The van der Waals surface area contributed by atoms with Crippen molar-refractivity contribution in [3.63, 3.8) is 0 Å². The lowest BCUT2D eigenvalue weighted by Crippen LogP contribution is -2.55. The van der Waals surface area contributed by atoms with Crippen LogP contribution in [0.1, 0.15) is 33.3 Å². The first-order chi connectivity index (χ1) is 11.7. The van der Waals surface area contributed by atoms with Crippen molar-refractivity contribution in [3.8, 4) is 0 Å². The molecule has 2 aromatic heterocycles. The van der Waals surface area contributed by atoms with Crippen molar-refractivity contribution in [2.24, 2.45) is 0 Å². The minimum Gasteiger partial charge on any atom is -0.444 e. The standard InChI is InChI=1S/C17H24IN5O2/c1-11-8-23(18)15-13(11)14(19-10-20-15)21-6-7-22(12(2)9-21)16(24)25-17(3,4)5/h8,10,12H,6-7,9H2,1-5H3. The van der Waals surface area contributed by atoms with Crippen LogP contribution in [-0.4, -0.2) is 55.0 Å². The normalized spacial score (nSPS) is 18.7. The molecule has 1 unspecified atom stereocenters. The summed E-state index contributed by atoms with van der Waals surface area (Å²) in [5.74, 6) is 0.939.